The Morgan fingerprint density at radius 3 is 1.26 bits per heavy atom. The van der Waals surface area contributed by atoms with Gasteiger partial charge in [0.1, 0.15) is 6.20 Å². The monoisotopic (exact) mass is 546 g/mol. The highest BCUT2D eigenvalue weighted by Crippen LogP contribution is 2.22. The molecular weight excluding hydrogens is 476 g/mol. The van der Waals surface area contributed by atoms with Crippen LogP contribution in [0.1, 0.15) is 200 Å². The Labute approximate surface area is 245 Å². The molecule has 3 heteroatoms. The molecule has 39 heavy (non-hydrogen) atoms. The fourth-order valence-electron chi connectivity index (χ4n) is 5.99. The lowest BCUT2D eigenvalue weighted by molar-refractivity contribution is -0.683. The number of hydrogen-bond acceptors (Lipinski definition) is 2. The maximum Gasteiger partial charge on any atom is 0.324 e. The highest BCUT2D eigenvalue weighted by Gasteiger charge is 2.37. The second-order valence-corrected chi connectivity index (χ2v) is 12.7. The van der Waals surface area contributed by atoms with Crippen LogP contribution in [0.25, 0.3) is 0 Å². The topological polar surface area (TPSA) is 29.4 Å². The van der Waals surface area contributed by atoms with Crippen molar-refractivity contribution >= 4 is 11.7 Å². The molecule has 0 aromatic heterocycles. The molecule has 1 aliphatic heterocycles. The van der Waals surface area contributed by atoms with Gasteiger partial charge >= 0.3 is 5.91 Å². The van der Waals surface area contributed by atoms with Gasteiger partial charge in [-0.2, -0.15) is 4.48 Å². The van der Waals surface area contributed by atoms with Crippen LogP contribution in [-0.2, 0) is 4.79 Å². The van der Waals surface area contributed by atoms with Crippen LogP contribution < -0.4 is 0 Å². The molecule has 228 valence electrons. The van der Waals surface area contributed by atoms with Crippen molar-refractivity contribution in [1.29, 1.82) is 0 Å². The lowest BCUT2D eigenvalue weighted by Crippen LogP contribution is -2.47. The van der Waals surface area contributed by atoms with Crippen LogP contribution in [-0.4, -0.2) is 23.3 Å². The molecule has 0 aliphatic carbocycles. The second kappa shape index (κ2) is 26.0. The minimum Gasteiger partial charge on any atom is -0.230 e. The van der Waals surface area contributed by atoms with E-state index in [9.17, 15) is 4.79 Å². The first kappa shape index (κ1) is 36.1. The minimum atomic E-state index is 0.329. The van der Waals surface area contributed by atoms with Crippen molar-refractivity contribution < 1.29 is 9.28 Å². The summed E-state index contributed by atoms with van der Waals surface area (Å²) in [6.45, 7) is 4.57. The molecule has 0 bridgehead atoms. The van der Waals surface area contributed by atoms with Crippen LogP contribution in [0.4, 0.5) is 0 Å². The van der Waals surface area contributed by atoms with Crippen LogP contribution in [0.5, 0.6) is 0 Å². The predicted molar refractivity (Wildman–Crippen MR) is 173 cm³/mol. The summed E-state index contributed by atoms with van der Waals surface area (Å²) >= 11 is 0. The molecule has 0 spiro atoms. The van der Waals surface area contributed by atoms with E-state index >= 15 is 0 Å². The molecule has 1 heterocycles. The van der Waals surface area contributed by atoms with Crippen LogP contribution in [0, 0.1) is 0 Å². The van der Waals surface area contributed by atoms with E-state index in [1.165, 1.54) is 167 Å². The van der Waals surface area contributed by atoms with Crippen LogP contribution >= 0.6 is 0 Å². The summed E-state index contributed by atoms with van der Waals surface area (Å²) < 4.78 is 0.330. The third kappa shape index (κ3) is 18.9. The van der Waals surface area contributed by atoms with Crippen molar-refractivity contribution in [2.24, 2.45) is 4.99 Å². The summed E-state index contributed by atoms with van der Waals surface area (Å²) in [5, 5.41) is 0. The zero-order chi connectivity index (χ0) is 28.3. The Balaban J connectivity index is 1.96. The smallest absolute Gasteiger partial charge is 0.230 e. The number of nitrogens with zero attached hydrogens (tertiary/aromatic N) is 2. The first-order valence-corrected chi connectivity index (χ1v) is 17.8. The fraction of sp³-hybridized carbons (Fsp3) is 0.889. The van der Waals surface area contributed by atoms with Gasteiger partial charge in [0, 0.05) is 6.42 Å². The lowest BCUT2D eigenvalue weighted by Gasteiger charge is -2.25. The first-order valence-electron chi connectivity index (χ1n) is 17.8. The molecule has 0 saturated carbocycles. The number of amides is 1. The summed E-state index contributed by atoms with van der Waals surface area (Å²) in [6.07, 6.45) is 42.3. The van der Waals surface area contributed by atoms with Crippen LogP contribution in [0.3, 0.4) is 0 Å². The number of amidine groups is 1. The van der Waals surface area contributed by atoms with Crippen molar-refractivity contribution in [3.8, 4) is 0 Å². The number of aliphatic imine (C=N–C) groups is 1. The highest BCUT2D eigenvalue weighted by molar-refractivity contribution is 5.90. The predicted octanol–water partition coefficient (Wildman–Crippen LogP) is 12.2. The summed E-state index contributed by atoms with van der Waals surface area (Å²) in [7, 11) is 2.05. The third-order valence-electron chi connectivity index (χ3n) is 8.89. The average Bonchev–Trinajstić information content (AvgIpc) is 3.32. The maximum absolute atomic E-state index is 13.0. The van der Waals surface area contributed by atoms with E-state index in [4.69, 9.17) is 0 Å². The Morgan fingerprint density at radius 2 is 0.872 bits per heavy atom. The molecule has 0 fully saturated rings. The van der Waals surface area contributed by atoms with Gasteiger partial charge in [-0.1, -0.05) is 174 Å². The summed E-state index contributed by atoms with van der Waals surface area (Å²) in [5.41, 5.74) is 0. The Bertz CT molecular complexity index is 626. The Morgan fingerprint density at radius 1 is 0.538 bits per heavy atom. The Hall–Kier alpha value is -0.960. The molecule has 3 nitrogen and oxygen atoms in total. The normalized spacial score (nSPS) is 16.7. The molecule has 0 aromatic carbocycles. The van der Waals surface area contributed by atoms with Crippen molar-refractivity contribution in [2.75, 3.05) is 7.05 Å². The van der Waals surface area contributed by atoms with E-state index in [0.717, 1.165) is 18.7 Å². The maximum atomic E-state index is 13.0. The molecule has 1 rings (SSSR count). The van der Waals surface area contributed by atoms with E-state index in [2.05, 4.69) is 25.9 Å². The largest absolute Gasteiger partial charge is 0.324 e. The molecule has 0 radical (unpaired) electrons. The lowest BCUT2D eigenvalue weighted by atomic mass is 10.0. The summed E-state index contributed by atoms with van der Waals surface area (Å²) in [6, 6.07) is 0. The van der Waals surface area contributed by atoms with Crippen LogP contribution in [0.15, 0.2) is 17.4 Å². The zero-order valence-corrected chi connectivity index (χ0v) is 27.0. The number of carbonyl (C=O) groups excluding carboxylic acids is 1. The molecule has 1 aliphatic rings. The van der Waals surface area contributed by atoms with E-state index in [1.807, 2.05) is 12.4 Å². The van der Waals surface area contributed by atoms with Crippen molar-refractivity contribution in [3.05, 3.63) is 12.4 Å². The van der Waals surface area contributed by atoms with Crippen molar-refractivity contribution in [2.45, 2.75) is 200 Å². The molecule has 0 N–H and O–H groups in total. The average molecular weight is 546 g/mol. The molecule has 0 saturated heterocycles. The van der Waals surface area contributed by atoms with Gasteiger partial charge in [-0.3, -0.25) is 0 Å². The minimum absolute atomic E-state index is 0.329. The second-order valence-electron chi connectivity index (χ2n) is 12.7. The molecule has 1 amide bonds. The fourth-order valence-corrected chi connectivity index (χ4v) is 5.99. The van der Waals surface area contributed by atoms with Crippen molar-refractivity contribution in [3.63, 3.8) is 0 Å². The number of hydrogen-bond donors (Lipinski definition) is 0. The van der Waals surface area contributed by atoms with Gasteiger partial charge in [0.2, 0.25) is 5.84 Å². The van der Waals surface area contributed by atoms with E-state index in [1.54, 1.807) is 0 Å². The van der Waals surface area contributed by atoms with Gasteiger partial charge in [0.25, 0.3) is 0 Å². The number of quaternary nitrogens is 1. The number of unbranched alkanes of at least 4 members (excludes halogenated alkanes) is 25. The Kier molecular flexibility index (Phi) is 24.0. The molecular formula is C36H69N2O+. The standard InChI is InChI=1S/C36H69N2O/c1-4-6-8-10-12-14-16-17-18-19-20-22-23-25-27-29-31-35-37-33-34-38(35,3)36(39)32-30-28-26-24-21-15-13-11-9-7-5-2/h33-34H,4-32H2,1-3H3/q+1. The van der Waals surface area contributed by atoms with Gasteiger partial charge in [0.05, 0.1) is 19.7 Å². The van der Waals surface area contributed by atoms with E-state index < -0.39 is 0 Å². The molecule has 1 unspecified atom stereocenters. The summed E-state index contributed by atoms with van der Waals surface area (Å²) in [5.74, 6) is 1.39. The highest BCUT2D eigenvalue weighted by atomic mass is 16.2. The van der Waals surface area contributed by atoms with Gasteiger partial charge in [-0.05, 0) is 12.8 Å². The van der Waals surface area contributed by atoms with Gasteiger partial charge < -0.3 is 0 Å². The SMILES string of the molecule is CCCCCCCCCCCCCCCCCCC1=NC=C[N+]1(C)C(=O)CCCCCCCCCCCCC. The first-order chi connectivity index (χ1) is 19.1. The van der Waals surface area contributed by atoms with E-state index in [-0.39, 0.29) is 0 Å². The summed E-state index contributed by atoms with van der Waals surface area (Å²) in [4.78, 5) is 17.7. The molecule has 0 aromatic rings. The zero-order valence-electron chi connectivity index (χ0n) is 27.0. The van der Waals surface area contributed by atoms with Crippen molar-refractivity contribution in [1.82, 2.24) is 0 Å². The number of rotatable bonds is 29. The quantitative estimate of drug-likeness (QED) is 0.0678. The number of carbonyl (C=O) groups is 1. The van der Waals surface area contributed by atoms with Gasteiger partial charge in [-0.25, -0.2) is 9.79 Å². The third-order valence-corrected chi connectivity index (χ3v) is 8.89. The molecule has 1 atom stereocenters. The van der Waals surface area contributed by atoms with Gasteiger partial charge in [0.15, 0.2) is 0 Å². The van der Waals surface area contributed by atoms with Crippen LogP contribution in [0.2, 0.25) is 0 Å². The van der Waals surface area contributed by atoms with E-state index in [0.29, 0.717) is 16.8 Å². The van der Waals surface area contributed by atoms with Gasteiger partial charge in [-0.15, -0.1) is 0 Å².